The van der Waals surface area contributed by atoms with Crippen LogP contribution in [-0.2, 0) is 27.9 Å². The third kappa shape index (κ3) is 10.7. The molecule has 3 N–H and O–H groups in total. The molecule has 410 valence electrons. The average Bonchev–Trinajstić information content (AvgIpc) is 3.14. The fourth-order valence-electron chi connectivity index (χ4n) is 10.1. The summed E-state index contributed by atoms with van der Waals surface area (Å²) in [5, 5.41) is 4.20. The zero-order valence-electron chi connectivity index (χ0n) is 49.2. The first-order chi connectivity index (χ1) is 37.9. The van der Waals surface area contributed by atoms with Gasteiger partial charge in [-0.25, -0.2) is 0 Å². The molecule has 0 atom stereocenters. The number of furan rings is 2. The van der Waals surface area contributed by atoms with Crippen molar-refractivity contribution in [2.45, 2.75) is 124 Å². The van der Waals surface area contributed by atoms with E-state index in [4.69, 9.17) is 51.1 Å². The molecule has 3 aliphatic heterocycles. The van der Waals surface area contributed by atoms with Crippen LogP contribution in [0, 0.1) is 0 Å². The highest BCUT2D eigenvalue weighted by molar-refractivity contribution is 7.11. The molecule has 0 amide bonds. The Labute approximate surface area is 481 Å². The number of halogens is 1. The van der Waals surface area contributed by atoms with Gasteiger partial charge in [0, 0.05) is 32.7 Å². The molecule has 0 aliphatic carbocycles. The normalized spacial score (nSPS) is 18.4. The maximum atomic E-state index is 8.54. The maximum absolute atomic E-state index is 8.54. The quantitative estimate of drug-likeness (QED) is 0.162. The van der Waals surface area contributed by atoms with Crippen molar-refractivity contribution in [2.24, 2.45) is 0 Å². The van der Waals surface area contributed by atoms with E-state index in [1.807, 2.05) is 138 Å². The Balaban J connectivity index is 0.000000154. The molecule has 5 heterocycles. The van der Waals surface area contributed by atoms with Gasteiger partial charge in [0.1, 0.15) is 22.3 Å². The molecule has 0 spiro atoms. The topological polar surface area (TPSA) is 117 Å². The van der Waals surface area contributed by atoms with Gasteiger partial charge in [-0.3, -0.25) is 0 Å². The van der Waals surface area contributed by atoms with Crippen molar-refractivity contribution in [3.8, 4) is 44.5 Å². The smallest absolute Gasteiger partial charge is 0.455 e. The van der Waals surface area contributed by atoms with Crippen molar-refractivity contribution in [3.05, 3.63) is 187 Å². The fraction of sp³-hybridized carbons (Fsp3) is 0.284. The van der Waals surface area contributed by atoms with Gasteiger partial charge < -0.3 is 42.9 Å². The highest BCUT2D eigenvalue weighted by Gasteiger charge is 2.64. The van der Waals surface area contributed by atoms with Crippen LogP contribution in [0.1, 0.15) is 93.3 Å². The molecule has 3 aliphatic rings. The van der Waals surface area contributed by atoms with Crippen LogP contribution in [0.3, 0.4) is 0 Å². The van der Waals surface area contributed by atoms with Gasteiger partial charge in [-0.1, -0.05) is 183 Å². The predicted octanol–water partition coefficient (Wildman–Crippen LogP) is 17.8. The molecular formula is C67H73B3ClNO8. The van der Waals surface area contributed by atoms with Crippen molar-refractivity contribution in [1.29, 1.82) is 0 Å². The summed E-state index contributed by atoms with van der Waals surface area (Å²) in [6.45, 7) is 24.4. The standard InChI is InChI=1S/C30H27BO3.C24H15ClO.C12H24B2O4.CH4.H3N/c1-29(2)30(3,4)34-31(33-29)25-14-9-15-26-27(25)24-13-8-12-23(28(24)32-26)22-18-16-21(17-19-22)20-10-6-5-7-11-20;25-21-10-5-11-22-23(21)20-9-4-8-19(24(20)26-22)18-14-12-17(13-15-18)16-6-2-1-3-7-16;1-9(2)10(3,4)16-13(15-9)14-17-11(5,6)12(7,8)18-14;;/h5-19H,1-4H3;1-15H;1-8H3;1H4;1H3/i15D;11D;;;. The summed E-state index contributed by atoms with van der Waals surface area (Å²) >= 11 is 6.39. The van der Waals surface area contributed by atoms with Gasteiger partial charge >= 0.3 is 21.1 Å². The zero-order valence-corrected chi connectivity index (χ0v) is 48.0. The third-order valence-corrected chi connectivity index (χ3v) is 17.1. The molecule has 13 rings (SSSR count). The molecule has 2 aromatic heterocycles. The highest BCUT2D eigenvalue weighted by Crippen LogP contribution is 2.45. The van der Waals surface area contributed by atoms with E-state index in [1.165, 1.54) is 22.3 Å². The molecule has 8 aromatic carbocycles. The molecule has 3 saturated heterocycles. The summed E-state index contributed by atoms with van der Waals surface area (Å²) in [7, 11) is -1.48. The number of benzene rings is 8. The lowest BCUT2D eigenvalue weighted by atomic mass is 9.49. The van der Waals surface area contributed by atoms with E-state index in [9.17, 15) is 0 Å². The van der Waals surface area contributed by atoms with Crippen LogP contribution >= 0.6 is 11.6 Å². The van der Waals surface area contributed by atoms with Gasteiger partial charge in [-0.05, 0) is 140 Å². The first-order valence-corrected chi connectivity index (χ1v) is 27.2. The van der Waals surface area contributed by atoms with Crippen LogP contribution < -0.4 is 11.6 Å². The van der Waals surface area contributed by atoms with E-state index in [-0.39, 0.29) is 36.0 Å². The van der Waals surface area contributed by atoms with Gasteiger partial charge in [0.25, 0.3) is 0 Å². The van der Waals surface area contributed by atoms with E-state index < -0.39 is 32.3 Å². The minimum absolute atomic E-state index is 0. The zero-order chi connectivity index (χ0) is 56.7. The monoisotopic (exact) mass is 1090 g/mol. The van der Waals surface area contributed by atoms with Crippen LogP contribution in [0.25, 0.3) is 88.4 Å². The Morgan fingerprint density at radius 2 is 0.700 bits per heavy atom. The average molecular weight is 1090 g/mol. The minimum atomic E-state index is -0.530. The second-order valence-electron chi connectivity index (χ2n) is 23.5. The van der Waals surface area contributed by atoms with Gasteiger partial charge in [-0.2, -0.15) is 0 Å². The minimum Gasteiger partial charge on any atom is -0.455 e. The maximum Gasteiger partial charge on any atom is 0.495 e. The number of para-hydroxylation sites is 2. The SMILES string of the molecule is C.CC1(C)OB(B2OC(C)(C)C(C)(C)O2)OC1(C)C.N.[2H]c1ccc(B2OC(C)(C)C(C)(C)O2)c2c1oc1c(-c3ccc(-c4ccccc4)cc3)cccc12.[2H]c1ccc(Cl)c2c1oc1c(-c3ccc(-c4ccccc4)cc3)cccc12. The van der Waals surface area contributed by atoms with E-state index >= 15 is 0 Å². The molecule has 10 aromatic rings. The van der Waals surface area contributed by atoms with E-state index in [1.54, 1.807) is 18.2 Å². The van der Waals surface area contributed by atoms with Crippen molar-refractivity contribution in [2.75, 3.05) is 0 Å². The molecule has 0 bridgehead atoms. The van der Waals surface area contributed by atoms with E-state index in [0.29, 0.717) is 28.3 Å². The van der Waals surface area contributed by atoms with E-state index in [0.717, 1.165) is 60.4 Å². The molecule has 0 radical (unpaired) electrons. The first-order valence-electron chi connectivity index (χ1n) is 27.8. The number of fused-ring (bicyclic) bond motifs is 6. The summed E-state index contributed by atoms with van der Waals surface area (Å²) in [6, 6.07) is 57.7. The summed E-state index contributed by atoms with van der Waals surface area (Å²) in [4.78, 5) is 0. The predicted molar refractivity (Wildman–Crippen MR) is 334 cm³/mol. The summed E-state index contributed by atoms with van der Waals surface area (Å²) in [5.74, 6) is 0. The Morgan fingerprint density at radius 1 is 0.362 bits per heavy atom. The van der Waals surface area contributed by atoms with Gasteiger partial charge in [0.2, 0.25) is 0 Å². The molecule has 9 nitrogen and oxygen atoms in total. The third-order valence-electron chi connectivity index (χ3n) is 16.8. The lowest BCUT2D eigenvalue weighted by molar-refractivity contribution is 0.00578. The van der Waals surface area contributed by atoms with Crippen LogP contribution in [0.2, 0.25) is 5.02 Å². The Bertz CT molecular complexity index is 3840. The second kappa shape index (κ2) is 21.8. The van der Waals surface area contributed by atoms with Crippen LogP contribution in [-0.4, -0.2) is 54.7 Å². The molecular weight excluding hydrogens is 1010 g/mol. The van der Waals surface area contributed by atoms with Gasteiger partial charge in [0.15, 0.2) is 0 Å². The lowest BCUT2D eigenvalue weighted by Gasteiger charge is -2.32. The van der Waals surface area contributed by atoms with Gasteiger partial charge in [0.05, 0.1) is 41.4 Å². The fourth-order valence-corrected chi connectivity index (χ4v) is 10.3. The highest BCUT2D eigenvalue weighted by atomic mass is 35.5. The van der Waals surface area contributed by atoms with Crippen LogP contribution in [0.4, 0.5) is 0 Å². The molecule has 0 saturated carbocycles. The second-order valence-corrected chi connectivity index (χ2v) is 23.9. The largest absolute Gasteiger partial charge is 0.495 e. The molecule has 80 heavy (non-hydrogen) atoms. The summed E-state index contributed by atoms with van der Waals surface area (Å²) in [5.41, 5.74) is 10.0. The summed E-state index contributed by atoms with van der Waals surface area (Å²) < 4.78 is 65.7. The van der Waals surface area contributed by atoms with Crippen LogP contribution in [0.5, 0.6) is 0 Å². The van der Waals surface area contributed by atoms with Crippen molar-refractivity contribution in [3.63, 3.8) is 0 Å². The summed E-state index contributed by atoms with van der Waals surface area (Å²) in [6.07, 6.45) is 0. The Kier molecular flexibility index (Phi) is 15.1. The van der Waals surface area contributed by atoms with Crippen LogP contribution in [0.15, 0.2) is 191 Å². The lowest BCUT2D eigenvalue weighted by Crippen LogP contribution is -2.41. The van der Waals surface area contributed by atoms with Gasteiger partial charge in [-0.15, -0.1) is 0 Å². The van der Waals surface area contributed by atoms with Crippen molar-refractivity contribution >= 4 is 82.1 Å². The molecule has 3 fully saturated rings. The Morgan fingerprint density at radius 3 is 1.11 bits per heavy atom. The van der Waals surface area contributed by atoms with Crippen molar-refractivity contribution < 1.29 is 39.5 Å². The molecule has 0 unspecified atom stereocenters. The Hall–Kier alpha value is -6.44. The number of rotatable bonds is 6. The van der Waals surface area contributed by atoms with Crippen molar-refractivity contribution in [1.82, 2.24) is 6.15 Å². The van der Waals surface area contributed by atoms with E-state index in [2.05, 4.69) is 97.1 Å². The number of hydrogen-bond donors (Lipinski definition) is 1. The first kappa shape index (κ1) is 55.5. The molecule has 13 heteroatoms. The number of hydrogen-bond acceptors (Lipinski definition) is 9.